The van der Waals surface area contributed by atoms with Gasteiger partial charge < -0.3 is 9.47 Å². The summed E-state index contributed by atoms with van der Waals surface area (Å²) in [7, 11) is 1.50. The first-order chi connectivity index (χ1) is 7.33. The second-order valence-electron chi connectivity index (χ2n) is 3.61. The molecule has 0 aliphatic carbocycles. The minimum Gasteiger partial charge on any atom is -0.504 e. The third-order valence-electron chi connectivity index (χ3n) is 2.44. The highest BCUT2D eigenvalue weighted by Crippen LogP contribution is 2.07. The lowest BCUT2D eigenvalue weighted by Gasteiger charge is -2.25. The van der Waals surface area contributed by atoms with Gasteiger partial charge in [0.15, 0.2) is 0 Å². The largest absolute Gasteiger partial charge is 0.504 e. The van der Waals surface area contributed by atoms with Gasteiger partial charge in [0.25, 0.3) is 0 Å². The van der Waals surface area contributed by atoms with Gasteiger partial charge in [-0.05, 0) is 25.9 Å². The van der Waals surface area contributed by atoms with E-state index in [1.54, 1.807) is 0 Å². The summed E-state index contributed by atoms with van der Waals surface area (Å²) in [6.07, 6.45) is 6.46. The fourth-order valence-electron chi connectivity index (χ4n) is 1.63. The topological polar surface area (TPSA) is 38.8 Å². The van der Waals surface area contributed by atoms with Crippen LogP contribution in [0.4, 0.5) is 0 Å². The van der Waals surface area contributed by atoms with Crippen molar-refractivity contribution in [2.24, 2.45) is 0 Å². The van der Waals surface area contributed by atoms with Crippen LogP contribution in [0.25, 0.3) is 0 Å². The number of likely N-dealkylation sites (tertiary alicyclic amines) is 1. The molecule has 86 valence electrons. The Hall–Kier alpha value is -1.03. The van der Waals surface area contributed by atoms with E-state index in [4.69, 9.17) is 4.74 Å². The molecule has 1 fully saturated rings. The van der Waals surface area contributed by atoms with Crippen LogP contribution in [0.2, 0.25) is 0 Å². The SMILES string of the molecule is COC=CC(=O)OCCN1CCCCC1. The van der Waals surface area contributed by atoms with Crippen LogP contribution < -0.4 is 0 Å². The summed E-state index contributed by atoms with van der Waals surface area (Å²) >= 11 is 0. The van der Waals surface area contributed by atoms with Gasteiger partial charge >= 0.3 is 5.97 Å². The zero-order valence-corrected chi connectivity index (χ0v) is 9.28. The summed E-state index contributed by atoms with van der Waals surface area (Å²) in [6.45, 7) is 3.57. The van der Waals surface area contributed by atoms with Crippen LogP contribution in [-0.2, 0) is 14.3 Å². The Bertz CT molecular complexity index is 210. The van der Waals surface area contributed by atoms with E-state index in [0.29, 0.717) is 6.61 Å². The summed E-state index contributed by atoms with van der Waals surface area (Å²) in [6, 6.07) is 0. The van der Waals surface area contributed by atoms with E-state index in [0.717, 1.165) is 19.6 Å². The third-order valence-corrected chi connectivity index (χ3v) is 2.44. The molecule has 1 rings (SSSR count). The molecule has 0 aromatic rings. The smallest absolute Gasteiger partial charge is 0.333 e. The van der Waals surface area contributed by atoms with Crippen molar-refractivity contribution in [3.63, 3.8) is 0 Å². The monoisotopic (exact) mass is 213 g/mol. The summed E-state index contributed by atoms with van der Waals surface area (Å²) in [5.41, 5.74) is 0. The fraction of sp³-hybridized carbons (Fsp3) is 0.727. The summed E-state index contributed by atoms with van der Waals surface area (Å²) in [5, 5.41) is 0. The van der Waals surface area contributed by atoms with E-state index in [2.05, 4.69) is 9.64 Å². The normalized spacial score (nSPS) is 17.9. The van der Waals surface area contributed by atoms with Gasteiger partial charge in [-0.25, -0.2) is 4.79 Å². The van der Waals surface area contributed by atoms with Crippen molar-refractivity contribution >= 4 is 5.97 Å². The Labute approximate surface area is 90.8 Å². The zero-order chi connectivity index (χ0) is 10.9. The highest BCUT2D eigenvalue weighted by molar-refractivity contribution is 5.81. The molecule has 4 nitrogen and oxygen atoms in total. The molecule has 1 saturated heterocycles. The van der Waals surface area contributed by atoms with Crippen molar-refractivity contribution in [2.45, 2.75) is 19.3 Å². The quantitative estimate of drug-likeness (QED) is 0.390. The van der Waals surface area contributed by atoms with Crippen LogP contribution in [0.3, 0.4) is 0 Å². The Morgan fingerprint density at radius 1 is 1.33 bits per heavy atom. The predicted molar refractivity (Wildman–Crippen MR) is 57.4 cm³/mol. The van der Waals surface area contributed by atoms with Gasteiger partial charge in [-0.3, -0.25) is 4.90 Å². The number of carbonyl (C=O) groups excluding carboxylic acids is 1. The lowest BCUT2D eigenvalue weighted by Crippen LogP contribution is -2.33. The lowest BCUT2D eigenvalue weighted by atomic mass is 10.1. The van der Waals surface area contributed by atoms with E-state index in [9.17, 15) is 4.79 Å². The van der Waals surface area contributed by atoms with E-state index < -0.39 is 0 Å². The van der Waals surface area contributed by atoms with Gasteiger partial charge in [0.2, 0.25) is 0 Å². The molecule has 0 aromatic heterocycles. The summed E-state index contributed by atoms with van der Waals surface area (Å²) in [5.74, 6) is -0.339. The standard InChI is InChI=1S/C11H19NO3/c1-14-9-5-11(13)15-10-8-12-6-3-2-4-7-12/h5,9H,2-4,6-8,10H2,1H3. The first-order valence-electron chi connectivity index (χ1n) is 5.41. The molecule has 0 unspecified atom stereocenters. The van der Waals surface area contributed by atoms with Crippen LogP contribution in [-0.4, -0.2) is 44.2 Å². The molecule has 1 aliphatic heterocycles. The number of esters is 1. The Kier molecular flexibility index (Phi) is 5.85. The van der Waals surface area contributed by atoms with Crippen LogP contribution in [0.5, 0.6) is 0 Å². The predicted octanol–water partition coefficient (Wildman–Crippen LogP) is 1.18. The van der Waals surface area contributed by atoms with Crippen molar-refractivity contribution in [1.82, 2.24) is 4.90 Å². The summed E-state index contributed by atoms with van der Waals surface area (Å²) < 4.78 is 9.62. The molecule has 0 aromatic carbocycles. The third kappa shape index (κ3) is 5.42. The molecular formula is C11H19NO3. The Morgan fingerprint density at radius 2 is 2.07 bits per heavy atom. The second kappa shape index (κ2) is 7.29. The van der Waals surface area contributed by atoms with Crippen molar-refractivity contribution in [2.75, 3.05) is 33.4 Å². The average molecular weight is 213 g/mol. The molecule has 1 aliphatic rings. The second-order valence-corrected chi connectivity index (χ2v) is 3.61. The first kappa shape index (κ1) is 12.0. The summed E-state index contributed by atoms with van der Waals surface area (Å²) in [4.78, 5) is 13.4. The zero-order valence-electron chi connectivity index (χ0n) is 9.28. The van der Waals surface area contributed by atoms with Gasteiger partial charge in [0.05, 0.1) is 19.4 Å². The maximum atomic E-state index is 11.0. The highest BCUT2D eigenvalue weighted by atomic mass is 16.5. The molecule has 15 heavy (non-hydrogen) atoms. The number of methoxy groups -OCH3 is 1. The molecule has 0 radical (unpaired) electrons. The minimum atomic E-state index is -0.339. The molecule has 0 bridgehead atoms. The van der Waals surface area contributed by atoms with E-state index in [1.807, 2.05) is 0 Å². The maximum absolute atomic E-state index is 11.0. The molecule has 0 N–H and O–H groups in total. The molecule has 0 atom stereocenters. The molecule has 1 heterocycles. The van der Waals surface area contributed by atoms with Crippen LogP contribution >= 0.6 is 0 Å². The highest BCUT2D eigenvalue weighted by Gasteiger charge is 2.09. The Morgan fingerprint density at radius 3 is 2.73 bits per heavy atom. The van der Waals surface area contributed by atoms with E-state index >= 15 is 0 Å². The lowest BCUT2D eigenvalue weighted by molar-refractivity contribution is -0.138. The first-order valence-corrected chi connectivity index (χ1v) is 5.41. The fourth-order valence-corrected chi connectivity index (χ4v) is 1.63. The molecule has 0 saturated carbocycles. The number of rotatable bonds is 5. The van der Waals surface area contributed by atoms with Crippen molar-refractivity contribution in [1.29, 1.82) is 0 Å². The van der Waals surface area contributed by atoms with Gasteiger partial charge in [0, 0.05) is 6.54 Å². The number of piperidine rings is 1. The Balaban J connectivity index is 2.04. The molecule has 0 amide bonds. The van der Waals surface area contributed by atoms with Crippen molar-refractivity contribution < 1.29 is 14.3 Å². The molecule has 4 heteroatoms. The van der Waals surface area contributed by atoms with Gasteiger partial charge in [0.1, 0.15) is 6.61 Å². The van der Waals surface area contributed by atoms with Crippen molar-refractivity contribution in [3.8, 4) is 0 Å². The number of nitrogens with zero attached hydrogens (tertiary/aromatic N) is 1. The maximum Gasteiger partial charge on any atom is 0.333 e. The average Bonchev–Trinajstić information content (AvgIpc) is 2.28. The molecular weight excluding hydrogens is 194 g/mol. The number of carbonyl (C=O) groups is 1. The van der Waals surface area contributed by atoms with Crippen LogP contribution in [0.1, 0.15) is 19.3 Å². The molecule has 0 spiro atoms. The number of hydrogen-bond donors (Lipinski definition) is 0. The van der Waals surface area contributed by atoms with Gasteiger partial charge in [-0.15, -0.1) is 0 Å². The number of hydrogen-bond acceptors (Lipinski definition) is 4. The minimum absolute atomic E-state index is 0.339. The van der Waals surface area contributed by atoms with Crippen LogP contribution in [0.15, 0.2) is 12.3 Å². The van der Waals surface area contributed by atoms with Gasteiger partial charge in [-0.2, -0.15) is 0 Å². The van der Waals surface area contributed by atoms with E-state index in [-0.39, 0.29) is 5.97 Å². The van der Waals surface area contributed by atoms with Gasteiger partial charge in [-0.1, -0.05) is 6.42 Å². The van der Waals surface area contributed by atoms with Crippen molar-refractivity contribution in [3.05, 3.63) is 12.3 Å². The van der Waals surface area contributed by atoms with E-state index in [1.165, 1.54) is 38.7 Å². The van der Waals surface area contributed by atoms with Crippen LogP contribution in [0, 0.1) is 0 Å². The number of ether oxygens (including phenoxy) is 2.